The Labute approximate surface area is 127 Å². The molecule has 0 saturated carbocycles. The van der Waals surface area contributed by atoms with Gasteiger partial charge < -0.3 is 10.5 Å². The van der Waals surface area contributed by atoms with E-state index < -0.39 is 0 Å². The molecule has 0 bridgehead atoms. The van der Waals surface area contributed by atoms with Crippen LogP contribution in [0.4, 0.5) is 0 Å². The number of pyridine rings is 1. The van der Waals surface area contributed by atoms with Crippen molar-refractivity contribution in [2.24, 2.45) is 5.73 Å². The first-order valence-electron chi connectivity index (χ1n) is 7.26. The fraction of sp³-hybridized carbons (Fsp3) is 0.389. The molecule has 0 aliphatic carbocycles. The molecular weight excluding hydrogens is 260 g/mol. The van der Waals surface area contributed by atoms with Crippen LogP contribution < -0.4 is 10.5 Å². The van der Waals surface area contributed by atoms with E-state index in [4.69, 9.17) is 10.5 Å². The number of benzene rings is 1. The molecule has 2 N–H and O–H groups in total. The molecule has 112 valence electrons. The molecule has 0 radical (unpaired) electrons. The summed E-state index contributed by atoms with van der Waals surface area (Å²) >= 11 is 0. The van der Waals surface area contributed by atoms with Crippen LogP contribution in [-0.4, -0.2) is 4.98 Å². The fourth-order valence-electron chi connectivity index (χ4n) is 2.31. The van der Waals surface area contributed by atoms with Crippen LogP contribution in [0.25, 0.3) is 0 Å². The van der Waals surface area contributed by atoms with Crippen molar-refractivity contribution in [3.8, 4) is 11.6 Å². The molecule has 0 fully saturated rings. The highest BCUT2D eigenvalue weighted by Crippen LogP contribution is 2.30. The van der Waals surface area contributed by atoms with Gasteiger partial charge in [-0.3, -0.25) is 0 Å². The van der Waals surface area contributed by atoms with E-state index in [1.54, 1.807) is 0 Å². The second kappa shape index (κ2) is 5.86. The van der Waals surface area contributed by atoms with Crippen LogP contribution in [0.5, 0.6) is 11.6 Å². The zero-order chi connectivity index (χ0) is 15.6. The maximum absolute atomic E-state index is 5.96. The van der Waals surface area contributed by atoms with Gasteiger partial charge in [0.2, 0.25) is 5.88 Å². The molecule has 21 heavy (non-hydrogen) atoms. The van der Waals surface area contributed by atoms with E-state index >= 15 is 0 Å². The third kappa shape index (κ3) is 3.61. The number of nitrogens with zero attached hydrogens (tertiary/aromatic N) is 1. The lowest BCUT2D eigenvalue weighted by Crippen LogP contribution is -2.11. The number of nitrogens with two attached hydrogens (primary N) is 1. The number of hydrogen-bond donors (Lipinski definition) is 1. The molecular formula is C18H24N2O. The predicted octanol–water partition coefficient (Wildman–Crippen LogP) is 4.25. The molecule has 3 nitrogen and oxygen atoms in total. The molecule has 0 saturated heterocycles. The molecule has 1 aromatic heterocycles. The number of aromatic nitrogens is 1. The lowest BCUT2D eigenvalue weighted by Gasteiger charge is -2.19. The minimum absolute atomic E-state index is 0.0974. The fourth-order valence-corrected chi connectivity index (χ4v) is 2.31. The van der Waals surface area contributed by atoms with Crippen LogP contribution in [0.3, 0.4) is 0 Å². The van der Waals surface area contributed by atoms with Crippen molar-refractivity contribution in [1.29, 1.82) is 0 Å². The van der Waals surface area contributed by atoms with Gasteiger partial charge in [0, 0.05) is 18.8 Å². The first-order valence-corrected chi connectivity index (χ1v) is 7.26. The molecule has 0 unspecified atom stereocenters. The molecule has 2 aromatic rings. The largest absolute Gasteiger partial charge is 0.438 e. The van der Waals surface area contributed by atoms with Crippen LogP contribution in [-0.2, 0) is 12.0 Å². The average molecular weight is 284 g/mol. The lowest BCUT2D eigenvalue weighted by molar-refractivity contribution is 0.454. The Morgan fingerprint density at radius 2 is 1.71 bits per heavy atom. The van der Waals surface area contributed by atoms with Crippen LogP contribution >= 0.6 is 0 Å². The summed E-state index contributed by atoms with van der Waals surface area (Å²) in [6.45, 7) is 11.1. The van der Waals surface area contributed by atoms with Gasteiger partial charge in [0.05, 0.1) is 0 Å². The van der Waals surface area contributed by atoms with Gasteiger partial charge in [-0.05, 0) is 41.5 Å². The Kier molecular flexibility index (Phi) is 4.33. The maximum Gasteiger partial charge on any atom is 0.219 e. The Morgan fingerprint density at radius 3 is 2.14 bits per heavy atom. The van der Waals surface area contributed by atoms with Crippen molar-refractivity contribution in [3.05, 3.63) is 52.7 Å². The summed E-state index contributed by atoms with van der Waals surface area (Å²) in [7, 11) is 0. The Balaban J connectivity index is 2.26. The highest BCUT2D eigenvalue weighted by atomic mass is 16.5. The van der Waals surface area contributed by atoms with Crippen molar-refractivity contribution in [3.63, 3.8) is 0 Å². The molecule has 0 aliphatic rings. The standard InChI is InChI=1S/C18H24N2O/c1-12-8-14(10-19)9-13(2)17(12)21-16-7-6-15(11-20-16)18(3,4)5/h6-9,11H,10,19H2,1-5H3. The van der Waals surface area contributed by atoms with Crippen molar-refractivity contribution in [2.45, 2.75) is 46.6 Å². The van der Waals surface area contributed by atoms with Gasteiger partial charge in [-0.15, -0.1) is 0 Å². The van der Waals surface area contributed by atoms with Gasteiger partial charge >= 0.3 is 0 Å². The monoisotopic (exact) mass is 284 g/mol. The second-order valence-corrected chi connectivity index (χ2v) is 6.50. The third-order valence-electron chi connectivity index (χ3n) is 3.56. The summed E-state index contributed by atoms with van der Waals surface area (Å²) in [5, 5.41) is 0. The Hall–Kier alpha value is -1.87. The van der Waals surface area contributed by atoms with E-state index in [9.17, 15) is 0 Å². The molecule has 0 atom stereocenters. The molecule has 1 heterocycles. The molecule has 0 aliphatic heterocycles. The zero-order valence-electron chi connectivity index (χ0n) is 13.5. The van der Waals surface area contributed by atoms with Crippen LogP contribution in [0.1, 0.15) is 43.0 Å². The predicted molar refractivity (Wildman–Crippen MR) is 86.8 cm³/mol. The van der Waals surface area contributed by atoms with Crippen molar-refractivity contribution in [2.75, 3.05) is 0 Å². The van der Waals surface area contributed by atoms with E-state index in [1.165, 1.54) is 5.56 Å². The van der Waals surface area contributed by atoms with Gasteiger partial charge in [0.25, 0.3) is 0 Å². The lowest BCUT2D eigenvalue weighted by atomic mass is 9.88. The van der Waals surface area contributed by atoms with Gasteiger partial charge in [0.1, 0.15) is 5.75 Å². The van der Waals surface area contributed by atoms with Gasteiger partial charge in [-0.1, -0.05) is 39.0 Å². The first-order chi connectivity index (χ1) is 9.81. The highest BCUT2D eigenvalue weighted by molar-refractivity contribution is 5.45. The van der Waals surface area contributed by atoms with Crippen molar-refractivity contribution in [1.82, 2.24) is 4.98 Å². The number of hydrogen-bond acceptors (Lipinski definition) is 3. The van der Waals surface area contributed by atoms with E-state index in [2.05, 4.69) is 44.0 Å². The smallest absolute Gasteiger partial charge is 0.219 e. The summed E-state index contributed by atoms with van der Waals surface area (Å²) in [5.41, 5.74) is 10.3. The summed E-state index contributed by atoms with van der Waals surface area (Å²) in [4.78, 5) is 4.42. The Morgan fingerprint density at radius 1 is 1.10 bits per heavy atom. The summed E-state index contributed by atoms with van der Waals surface area (Å²) in [6, 6.07) is 8.12. The zero-order valence-corrected chi connectivity index (χ0v) is 13.5. The number of rotatable bonds is 3. The first kappa shape index (κ1) is 15.5. The number of aryl methyl sites for hydroxylation is 2. The number of ether oxygens (including phenoxy) is 1. The van der Waals surface area contributed by atoms with E-state index in [1.807, 2.05) is 26.1 Å². The second-order valence-electron chi connectivity index (χ2n) is 6.50. The van der Waals surface area contributed by atoms with Crippen molar-refractivity contribution >= 4 is 0 Å². The van der Waals surface area contributed by atoms with Crippen LogP contribution in [0.15, 0.2) is 30.5 Å². The molecule has 1 aromatic carbocycles. The minimum Gasteiger partial charge on any atom is -0.438 e. The average Bonchev–Trinajstić information content (AvgIpc) is 2.42. The Bertz CT molecular complexity index is 602. The van der Waals surface area contributed by atoms with E-state index in [-0.39, 0.29) is 5.41 Å². The molecule has 0 amide bonds. The minimum atomic E-state index is 0.0974. The van der Waals surface area contributed by atoms with Crippen LogP contribution in [0.2, 0.25) is 0 Å². The highest BCUT2D eigenvalue weighted by Gasteiger charge is 2.14. The topological polar surface area (TPSA) is 48.1 Å². The normalized spacial score (nSPS) is 11.5. The van der Waals surface area contributed by atoms with E-state index in [0.717, 1.165) is 22.4 Å². The summed E-state index contributed by atoms with van der Waals surface area (Å²) in [6.07, 6.45) is 1.88. The SMILES string of the molecule is Cc1cc(CN)cc(C)c1Oc1ccc(C(C)(C)C)cn1. The molecule has 0 spiro atoms. The summed E-state index contributed by atoms with van der Waals surface area (Å²) < 4.78 is 5.96. The quantitative estimate of drug-likeness (QED) is 0.916. The summed E-state index contributed by atoms with van der Waals surface area (Å²) in [5.74, 6) is 1.48. The van der Waals surface area contributed by atoms with Gasteiger partial charge in [-0.25, -0.2) is 4.98 Å². The van der Waals surface area contributed by atoms with Crippen molar-refractivity contribution < 1.29 is 4.74 Å². The van der Waals surface area contributed by atoms with Gasteiger partial charge in [-0.2, -0.15) is 0 Å². The molecule has 2 rings (SSSR count). The molecule has 3 heteroatoms. The van der Waals surface area contributed by atoms with Crippen LogP contribution in [0, 0.1) is 13.8 Å². The van der Waals surface area contributed by atoms with Gasteiger partial charge in [0.15, 0.2) is 0 Å². The van der Waals surface area contributed by atoms with E-state index in [0.29, 0.717) is 12.4 Å². The third-order valence-corrected chi connectivity index (χ3v) is 3.56. The maximum atomic E-state index is 5.96.